The summed E-state index contributed by atoms with van der Waals surface area (Å²) in [5.74, 6) is -1.78. The Kier molecular flexibility index (Phi) is 7.23. The number of likely N-dealkylation sites (tertiary alicyclic amines) is 1. The fraction of sp³-hybridized carbons (Fsp3) is 0.269. The maximum Gasteiger partial charge on any atom is 0.325 e. The van der Waals surface area contributed by atoms with Crippen LogP contribution in [0.4, 0.5) is 20.7 Å². The number of benzene rings is 1. The first kappa shape index (κ1) is 24.8. The van der Waals surface area contributed by atoms with E-state index in [0.717, 1.165) is 10.5 Å². The first-order valence-electron chi connectivity index (χ1n) is 11.6. The smallest absolute Gasteiger partial charge is 0.325 e. The van der Waals surface area contributed by atoms with Gasteiger partial charge in [0.15, 0.2) is 0 Å². The van der Waals surface area contributed by atoms with Crippen LogP contribution in [0, 0.1) is 11.7 Å². The van der Waals surface area contributed by atoms with Gasteiger partial charge in [-0.25, -0.2) is 14.2 Å². The molecule has 1 aliphatic heterocycles. The molecule has 186 valence electrons. The summed E-state index contributed by atoms with van der Waals surface area (Å²) in [6.07, 6.45) is 5.32. The number of imide groups is 1. The summed E-state index contributed by atoms with van der Waals surface area (Å²) in [7, 11) is 1.58. The molecule has 2 aromatic heterocycles. The summed E-state index contributed by atoms with van der Waals surface area (Å²) < 4.78 is 13.8. The highest BCUT2D eigenvalue weighted by Crippen LogP contribution is 2.33. The number of aromatic nitrogens is 2. The molecule has 10 heteroatoms. The number of nitrogens with zero attached hydrogens (tertiary/aromatic N) is 4. The highest BCUT2D eigenvalue weighted by Gasteiger charge is 2.55. The Balaban J connectivity index is 1.60. The van der Waals surface area contributed by atoms with Gasteiger partial charge in [-0.05, 0) is 60.4 Å². The molecule has 4 rings (SSSR count). The fourth-order valence-electron chi connectivity index (χ4n) is 4.39. The van der Waals surface area contributed by atoms with E-state index >= 15 is 0 Å². The first-order chi connectivity index (χ1) is 17.3. The Labute approximate surface area is 208 Å². The van der Waals surface area contributed by atoms with Crippen molar-refractivity contribution in [2.75, 3.05) is 17.7 Å². The molecule has 4 amide bonds. The van der Waals surface area contributed by atoms with Gasteiger partial charge in [0.1, 0.15) is 17.7 Å². The van der Waals surface area contributed by atoms with Gasteiger partial charge in [0.2, 0.25) is 5.91 Å². The van der Waals surface area contributed by atoms with E-state index in [4.69, 9.17) is 5.73 Å². The molecule has 3 heterocycles. The number of hydrogen-bond acceptors (Lipinski definition) is 6. The second kappa shape index (κ2) is 10.5. The number of β-lactam (4-membered cyclic amide) rings is 1. The molecule has 1 fully saturated rings. The molecular weight excluding hydrogens is 463 g/mol. The maximum absolute atomic E-state index is 13.8. The molecule has 3 aromatic rings. The zero-order chi connectivity index (χ0) is 25.8. The highest BCUT2D eigenvalue weighted by molar-refractivity contribution is 6.12. The van der Waals surface area contributed by atoms with Crippen molar-refractivity contribution < 1.29 is 18.8 Å². The topological polar surface area (TPSA) is 122 Å². The van der Waals surface area contributed by atoms with Gasteiger partial charge in [0.25, 0.3) is 5.91 Å². The van der Waals surface area contributed by atoms with Crippen LogP contribution in [0.5, 0.6) is 0 Å². The lowest BCUT2D eigenvalue weighted by atomic mass is 9.81. The van der Waals surface area contributed by atoms with Crippen molar-refractivity contribution in [3.05, 3.63) is 84.1 Å². The number of amides is 4. The molecule has 0 saturated carbocycles. The van der Waals surface area contributed by atoms with Gasteiger partial charge in [0, 0.05) is 31.3 Å². The molecule has 1 aromatic carbocycles. The molecule has 0 radical (unpaired) electrons. The Morgan fingerprint density at radius 1 is 1.17 bits per heavy atom. The van der Waals surface area contributed by atoms with Gasteiger partial charge in [-0.3, -0.25) is 19.5 Å². The monoisotopic (exact) mass is 490 g/mol. The van der Waals surface area contributed by atoms with Gasteiger partial charge < -0.3 is 16.0 Å². The van der Waals surface area contributed by atoms with E-state index in [1.54, 1.807) is 55.8 Å². The Morgan fingerprint density at radius 3 is 2.58 bits per heavy atom. The summed E-state index contributed by atoms with van der Waals surface area (Å²) in [4.78, 5) is 50.3. The third kappa shape index (κ3) is 5.02. The van der Waals surface area contributed by atoms with Gasteiger partial charge in [-0.15, -0.1) is 0 Å². The van der Waals surface area contributed by atoms with Crippen molar-refractivity contribution in [3.8, 4) is 0 Å². The summed E-state index contributed by atoms with van der Waals surface area (Å²) >= 11 is 0. The number of likely N-dealkylation sites (N-methyl/N-ethyl adjacent to an activating group) is 1. The van der Waals surface area contributed by atoms with Crippen molar-refractivity contribution in [1.29, 1.82) is 0 Å². The predicted molar refractivity (Wildman–Crippen MR) is 132 cm³/mol. The minimum Gasteiger partial charge on any atom is -0.384 e. The molecule has 1 unspecified atom stereocenters. The van der Waals surface area contributed by atoms with E-state index in [9.17, 15) is 18.8 Å². The average Bonchev–Trinajstić information content (AvgIpc) is 2.88. The lowest BCUT2D eigenvalue weighted by Gasteiger charge is -2.46. The van der Waals surface area contributed by atoms with E-state index in [2.05, 4.69) is 15.3 Å². The molecule has 3 atom stereocenters. The lowest BCUT2D eigenvalue weighted by Crippen LogP contribution is -2.70. The minimum absolute atomic E-state index is 0.219. The van der Waals surface area contributed by atoms with Crippen LogP contribution in [0.3, 0.4) is 0 Å². The number of nitrogens with two attached hydrogens (primary N) is 1. The minimum atomic E-state index is -1.03. The van der Waals surface area contributed by atoms with E-state index in [0.29, 0.717) is 23.5 Å². The predicted octanol–water partition coefficient (Wildman–Crippen LogP) is 3.09. The number of hydrogen-bond donors (Lipinski definition) is 2. The number of nitrogens with one attached hydrogen (secondary N) is 1. The zero-order valence-electron chi connectivity index (χ0n) is 20.0. The summed E-state index contributed by atoms with van der Waals surface area (Å²) in [5.41, 5.74) is 7.66. The highest BCUT2D eigenvalue weighted by atomic mass is 19.1. The van der Waals surface area contributed by atoms with Crippen molar-refractivity contribution in [2.45, 2.75) is 31.8 Å². The van der Waals surface area contributed by atoms with Crippen LogP contribution in [-0.4, -0.2) is 45.8 Å². The maximum atomic E-state index is 13.8. The number of pyridine rings is 2. The van der Waals surface area contributed by atoms with E-state index in [1.165, 1.54) is 23.2 Å². The standard InChI is InChI=1S/C26H27FN6O3/c1-3-21(17-5-4-6-18(27)15-17)31-26(36)33-23(25(35)32(2)19-8-10-29-11-9-19)20(24(33)34)13-16-7-12-30-22(28)14-16/h4-12,14-15,20-21,23H,3,13H2,1-2H3,(H2,28,30)(H,31,36)/t20-,21?,23+/m1/s1. The van der Waals surface area contributed by atoms with Gasteiger partial charge >= 0.3 is 6.03 Å². The van der Waals surface area contributed by atoms with E-state index < -0.39 is 41.7 Å². The van der Waals surface area contributed by atoms with Gasteiger partial charge in [-0.1, -0.05) is 19.1 Å². The molecule has 0 aliphatic carbocycles. The number of carbonyl (C=O) groups is 3. The Bertz CT molecular complexity index is 1270. The van der Waals surface area contributed by atoms with Crippen molar-refractivity contribution in [3.63, 3.8) is 0 Å². The molecule has 1 saturated heterocycles. The number of halogens is 1. The lowest BCUT2D eigenvalue weighted by molar-refractivity contribution is -0.156. The SMILES string of the molecule is CCC(NC(=O)N1C(=O)[C@H](Cc2ccnc(N)c2)[C@H]1C(=O)N(C)c1ccncc1)c1cccc(F)c1. The molecule has 36 heavy (non-hydrogen) atoms. The second-order valence-corrected chi connectivity index (χ2v) is 8.62. The van der Waals surface area contributed by atoms with Crippen LogP contribution in [0.25, 0.3) is 0 Å². The van der Waals surface area contributed by atoms with Crippen molar-refractivity contribution >= 4 is 29.4 Å². The average molecular weight is 491 g/mol. The molecule has 3 N–H and O–H groups in total. The Hall–Kier alpha value is -4.34. The molecular formula is C26H27FN6O3. The van der Waals surface area contributed by atoms with Crippen LogP contribution in [-0.2, 0) is 16.0 Å². The molecule has 0 bridgehead atoms. The number of anilines is 2. The largest absolute Gasteiger partial charge is 0.384 e. The van der Waals surface area contributed by atoms with Crippen molar-refractivity contribution in [2.24, 2.45) is 5.92 Å². The molecule has 0 spiro atoms. The quantitative estimate of drug-likeness (QED) is 0.491. The van der Waals surface area contributed by atoms with Crippen LogP contribution in [0.1, 0.15) is 30.5 Å². The normalized spacial score (nSPS) is 17.8. The number of nitrogen functional groups attached to an aromatic ring is 1. The molecule has 1 aliphatic rings. The summed E-state index contributed by atoms with van der Waals surface area (Å²) in [6.45, 7) is 1.84. The third-order valence-corrected chi connectivity index (χ3v) is 6.32. The summed E-state index contributed by atoms with van der Waals surface area (Å²) in [5, 5.41) is 2.79. The van der Waals surface area contributed by atoms with Gasteiger partial charge in [0.05, 0.1) is 12.0 Å². The van der Waals surface area contributed by atoms with Crippen LogP contribution in [0.15, 0.2) is 67.1 Å². The number of urea groups is 1. The van der Waals surface area contributed by atoms with Crippen LogP contribution >= 0.6 is 0 Å². The van der Waals surface area contributed by atoms with Crippen LogP contribution in [0.2, 0.25) is 0 Å². The van der Waals surface area contributed by atoms with E-state index in [1.807, 2.05) is 6.92 Å². The second-order valence-electron chi connectivity index (χ2n) is 8.62. The number of carbonyl (C=O) groups excluding carboxylic acids is 3. The third-order valence-electron chi connectivity index (χ3n) is 6.32. The Morgan fingerprint density at radius 2 is 1.92 bits per heavy atom. The van der Waals surface area contributed by atoms with Gasteiger partial charge in [-0.2, -0.15) is 0 Å². The number of rotatable bonds is 7. The molecule has 9 nitrogen and oxygen atoms in total. The van der Waals surface area contributed by atoms with Crippen LogP contribution < -0.4 is 16.0 Å². The zero-order valence-corrected chi connectivity index (χ0v) is 20.0. The van der Waals surface area contributed by atoms with Crippen molar-refractivity contribution in [1.82, 2.24) is 20.2 Å². The van der Waals surface area contributed by atoms with E-state index in [-0.39, 0.29) is 6.42 Å². The summed E-state index contributed by atoms with van der Waals surface area (Å²) in [6, 6.07) is 10.3. The fourth-order valence-corrected chi connectivity index (χ4v) is 4.39. The first-order valence-corrected chi connectivity index (χ1v) is 11.6.